The number of hydrogen-bond acceptors (Lipinski definition) is 0. The maximum atomic E-state index is 2.86. The first-order valence-electron chi connectivity index (χ1n) is 19.5. The van der Waals surface area contributed by atoms with E-state index in [1.54, 1.807) is 6.42 Å². The van der Waals surface area contributed by atoms with Gasteiger partial charge in [0.25, 0.3) is 0 Å². The van der Waals surface area contributed by atoms with Crippen molar-refractivity contribution in [2.24, 2.45) is 207 Å². The predicted molar refractivity (Wildman–Crippen MR) is 168 cm³/mol. The van der Waals surface area contributed by atoms with Gasteiger partial charge in [-0.2, -0.15) is 0 Å². The molecule has 0 spiro atoms. The maximum Gasteiger partial charge on any atom is 0.0178 e. The van der Waals surface area contributed by atoms with Gasteiger partial charge in [-0.1, -0.05) is 52.1 Å². The largest absolute Gasteiger partial charge is 0.0823 e. The zero-order valence-electron chi connectivity index (χ0n) is 23.8. The Kier molecular flexibility index (Phi) is 2.65. The SMILES string of the molecule is CC1C(C2CC2I)C2C1C1C2C2C1C1C2C2C1C1C2C2C1C1C2C2C1C1C2C2C1C1C2C2C1C1C2C2C1C1C(I)[C@H]21. The molecule has 0 saturated heterocycles. The Hall–Kier alpha value is 1.46. The molecule has 0 aromatic rings. The summed E-state index contributed by atoms with van der Waals surface area (Å²) in [6, 6.07) is 0. The van der Waals surface area contributed by atoms with E-state index in [-0.39, 0.29) is 0 Å². The van der Waals surface area contributed by atoms with Crippen LogP contribution in [0.3, 0.4) is 0 Å². The van der Waals surface area contributed by atoms with Crippen LogP contribution in [0.2, 0.25) is 0 Å². The number of fused-ring (bicyclic) bond motifs is 46. The van der Waals surface area contributed by atoms with Crippen LogP contribution in [-0.2, 0) is 0 Å². The Morgan fingerprint density at radius 1 is 0.293 bits per heavy atom. The van der Waals surface area contributed by atoms with Crippen molar-refractivity contribution in [2.45, 2.75) is 21.2 Å². The third-order valence-electron chi connectivity index (χ3n) is 24.0. The minimum atomic E-state index is 1.07. The Morgan fingerprint density at radius 2 is 0.488 bits per heavy atom. The summed E-state index contributed by atoms with van der Waals surface area (Å²) in [6.07, 6.45) is 1.59. The van der Waals surface area contributed by atoms with Crippen LogP contribution in [0.1, 0.15) is 13.3 Å². The average Bonchev–Trinajstić information content (AvgIpc) is 3.76. The summed E-state index contributed by atoms with van der Waals surface area (Å²) in [5, 5.41) is 0. The summed E-state index contributed by atoms with van der Waals surface area (Å²) in [4.78, 5) is 0. The van der Waals surface area contributed by atoms with Crippen LogP contribution in [0.5, 0.6) is 0 Å². The minimum Gasteiger partial charge on any atom is -0.0823 e. The van der Waals surface area contributed by atoms with Crippen molar-refractivity contribution in [1.82, 2.24) is 0 Å². The van der Waals surface area contributed by atoms with Gasteiger partial charge < -0.3 is 0 Å². The molecule has 18 saturated carbocycles. The molecule has 0 radical (unpaired) electrons. The second-order valence-corrected chi connectivity index (χ2v) is 24.8. The van der Waals surface area contributed by atoms with E-state index in [1.165, 1.54) is 195 Å². The Morgan fingerprint density at radius 3 is 0.732 bits per heavy atom. The number of alkyl halides is 2. The van der Waals surface area contributed by atoms with Crippen LogP contribution < -0.4 is 0 Å². The lowest BCUT2D eigenvalue weighted by molar-refractivity contribution is -0.536. The molecule has 18 rings (SSSR count). The molecule has 0 heterocycles. The molecule has 212 valence electrons. The highest BCUT2D eigenvalue weighted by atomic mass is 127. The van der Waals surface area contributed by atoms with Crippen molar-refractivity contribution in [3.8, 4) is 0 Å². The van der Waals surface area contributed by atoms with E-state index >= 15 is 0 Å². The monoisotopic (exact) mass is 764 g/mol. The fourth-order valence-corrected chi connectivity index (χ4v) is 26.8. The predicted octanol–water partition coefficient (Wildman–Crippen LogP) is 6.82. The van der Waals surface area contributed by atoms with Crippen LogP contribution in [0.15, 0.2) is 0 Å². The Bertz CT molecular complexity index is 1540. The molecule has 0 N–H and O–H groups in total. The summed E-state index contributed by atoms with van der Waals surface area (Å²) in [6.45, 7) is 2.71. The van der Waals surface area contributed by atoms with Crippen molar-refractivity contribution in [3.05, 3.63) is 0 Å². The van der Waals surface area contributed by atoms with Crippen LogP contribution in [0.4, 0.5) is 0 Å². The Balaban J connectivity index is 0.624. The first-order chi connectivity index (χ1) is 20.2. The summed E-state index contributed by atoms with van der Waals surface area (Å²) >= 11 is 5.66. The molecule has 2 heteroatoms. The lowest BCUT2D eigenvalue weighted by atomic mass is 9.04. The molecule has 18 fully saturated rings. The molecule has 0 nitrogen and oxygen atoms in total. The fraction of sp³-hybridized carbons (Fsp3) is 1.00. The van der Waals surface area contributed by atoms with E-state index in [0.717, 1.165) is 19.7 Å². The van der Waals surface area contributed by atoms with Gasteiger partial charge in [-0.05, 0) is 214 Å². The van der Waals surface area contributed by atoms with E-state index in [0.29, 0.717) is 0 Å². The van der Waals surface area contributed by atoms with Gasteiger partial charge in [-0.15, -0.1) is 0 Å². The van der Waals surface area contributed by atoms with Gasteiger partial charge in [-0.25, -0.2) is 0 Å². The molecular weight excluding hydrogens is 722 g/mol. The summed E-state index contributed by atoms with van der Waals surface area (Å²) in [5.74, 6) is 44.9. The minimum absolute atomic E-state index is 1.07. The van der Waals surface area contributed by atoms with Gasteiger partial charge in [0.15, 0.2) is 0 Å². The van der Waals surface area contributed by atoms with Gasteiger partial charge in [0.1, 0.15) is 0 Å². The van der Waals surface area contributed by atoms with Gasteiger partial charge in [0.2, 0.25) is 0 Å². The van der Waals surface area contributed by atoms with Crippen molar-refractivity contribution < 1.29 is 0 Å². The summed E-state index contributed by atoms with van der Waals surface area (Å²) in [5.41, 5.74) is 0. The van der Waals surface area contributed by atoms with Crippen LogP contribution >= 0.6 is 45.2 Å². The van der Waals surface area contributed by atoms with E-state index in [1.807, 2.05) is 0 Å². The highest BCUT2D eigenvalue weighted by Gasteiger charge is 2.98. The van der Waals surface area contributed by atoms with E-state index in [4.69, 9.17) is 0 Å². The number of rotatable bonds is 1. The molecule has 18 aliphatic rings. The van der Waals surface area contributed by atoms with E-state index in [2.05, 4.69) is 52.1 Å². The zero-order valence-corrected chi connectivity index (χ0v) is 28.1. The molecule has 0 aliphatic heterocycles. The van der Waals surface area contributed by atoms with Gasteiger partial charge in [-0.3, -0.25) is 0 Å². The van der Waals surface area contributed by atoms with Crippen LogP contribution in [0.25, 0.3) is 0 Å². The maximum absolute atomic E-state index is 2.86. The first-order valence-corrected chi connectivity index (χ1v) is 22.0. The molecule has 0 bridgehead atoms. The Labute approximate surface area is 271 Å². The third-order valence-corrected chi connectivity index (χ3v) is 27.0. The molecule has 36 unspecified atom stereocenters. The normalized spacial score (nSPS) is 98.3. The number of halogens is 2. The third kappa shape index (κ3) is 1.42. The molecule has 0 amide bonds. The van der Waals surface area contributed by atoms with Crippen LogP contribution in [-0.4, -0.2) is 7.85 Å². The molecule has 0 aromatic carbocycles. The van der Waals surface area contributed by atoms with Crippen molar-refractivity contribution in [2.75, 3.05) is 0 Å². The molecule has 41 heavy (non-hydrogen) atoms. The highest BCUT2D eigenvalue weighted by molar-refractivity contribution is 14.1. The molecule has 37 atom stereocenters. The fourth-order valence-electron chi connectivity index (χ4n) is 24.1. The quantitative estimate of drug-likeness (QED) is 0.157. The van der Waals surface area contributed by atoms with Crippen molar-refractivity contribution in [3.63, 3.8) is 0 Å². The van der Waals surface area contributed by atoms with Gasteiger partial charge in [0.05, 0.1) is 0 Å². The molecular formula is C39H42I2. The average molecular weight is 765 g/mol. The smallest absolute Gasteiger partial charge is 0.0178 e. The highest BCUT2D eigenvalue weighted by Crippen LogP contribution is 3.01. The van der Waals surface area contributed by atoms with Gasteiger partial charge in [0, 0.05) is 7.85 Å². The van der Waals surface area contributed by atoms with Crippen LogP contribution in [0, 0.1) is 207 Å². The summed E-state index contributed by atoms with van der Waals surface area (Å²) in [7, 11) is 0. The second-order valence-electron chi connectivity index (χ2n) is 21.8. The molecule has 18 aliphatic carbocycles. The van der Waals surface area contributed by atoms with Crippen molar-refractivity contribution in [1.29, 1.82) is 0 Å². The standard InChI is InChI=1S/C39H42I2/c1-3-6(4-2-5(4)40)8-7(3)9-10(8)12-11(9)13-14(12)16-15(13)17-18(16)20-19(17)21-22(20)24-23(21)25-26(24)28-27(25)29-30(28)32-31(29)33-34(32)36-35(33)37-38(36)39(37)41/h3-39H,2H2,1H3/t3?,4?,5?,6?,7?,8?,9?,10?,11?,12?,13?,14?,15?,16?,17?,18?,19?,20?,21?,22?,23?,24?,25?,26?,27?,28?,29?,30?,31?,32?,33?,34?,35?,36?,37?,38-,39?/m1/s1. The van der Waals surface area contributed by atoms with E-state index < -0.39 is 0 Å². The first kappa shape index (κ1) is 20.6. The van der Waals surface area contributed by atoms with Gasteiger partial charge >= 0.3 is 0 Å². The van der Waals surface area contributed by atoms with Crippen molar-refractivity contribution >= 4 is 45.2 Å². The second kappa shape index (κ2) is 5.27. The number of hydrogen-bond donors (Lipinski definition) is 0. The molecule has 0 aromatic heterocycles. The lowest BCUT2D eigenvalue weighted by Crippen LogP contribution is -2.97. The zero-order chi connectivity index (χ0) is 25.1. The lowest BCUT2D eigenvalue weighted by Gasteiger charge is -3.00. The van der Waals surface area contributed by atoms with E-state index in [9.17, 15) is 0 Å². The topological polar surface area (TPSA) is 0 Å². The summed E-state index contributed by atoms with van der Waals surface area (Å²) < 4.78 is 2.20.